The molecular formula is C16H27N5O7S2. The van der Waals surface area contributed by atoms with E-state index in [1.54, 1.807) is 0 Å². The summed E-state index contributed by atoms with van der Waals surface area (Å²) in [5, 5.41) is 4.04. The van der Waals surface area contributed by atoms with Crippen LogP contribution < -0.4 is 10.8 Å². The number of carbonyl (C=O) groups is 2. The molecule has 4 saturated heterocycles. The number of rotatable bonds is 7. The lowest BCUT2D eigenvalue weighted by Crippen LogP contribution is -2.50. The van der Waals surface area contributed by atoms with Gasteiger partial charge in [-0.05, 0) is 19.3 Å². The van der Waals surface area contributed by atoms with Crippen molar-refractivity contribution in [2.24, 2.45) is 0 Å². The monoisotopic (exact) mass is 465 g/mol. The van der Waals surface area contributed by atoms with Gasteiger partial charge >= 0.3 is 16.4 Å². The van der Waals surface area contributed by atoms with E-state index in [2.05, 4.69) is 20.0 Å². The predicted octanol–water partition coefficient (Wildman–Crippen LogP) is -1.18. The summed E-state index contributed by atoms with van der Waals surface area (Å²) >= 11 is 1.98. The molecule has 0 aromatic heterocycles. The van der Waals surface area contributed by atoms with Crippen LogP contribution in [0.3, 0.4) is 0 Å². The Morgan fingerprint density at radius 3 is 2.77 bits per heavy atom. The lowest BCUT2D eigenvalue weighted by Gasteiger charge is -2.31. The van der Waals surface area contributed by atoms with Crippen LogP contribution in [0.1, 0.15) is 19.3 Å². The number of carbonyl (C=O) groups excluding carboxylic acids is 2. The Bertz CT molecular complexity index is 763. The maximum atomic E-state index is 12.5. The molecule has 4 aliphatic rings. The topological polar surface area (TPSA) is 141 Å². The molecule has 3 N–H and O–H groups in total. The summed E-state index contributed by atoms with van der Waals surface area (Å²) in [6, 6.07) is -1.44. The fraction of sp³-hybridized carbons (Fsp3) is 0.875. The van der Waals surface area contributed by atoms with Crippen LogP contribution in [0.4, 0.5) is 4.79 Å². The SMILES string of the molecule is O=C(NOC[C@H]1C[C@H](N2CCSCC2)CN1)[C@@H]1CC[C@@H]2CN1C(=O)N2OS(=O)(=O)O. The minimum absolute atomic E-state index is 0.145. The van der Waals surface area contributed by atoms with Crippen LogP contribution in [-0.2, 0) is 24.3 Å². The summed E-state index contributed by atoms with van der Waals surface area (Å²) < 4.78 is 35.1. The predicted molar refractivity (Wildman–Crippen MR) is 107 cm³/mol. The van der Waals surface area contributed by atoms with Gasteiger partial charge < -0.3 is 10.2 Å². The van der Waals surface area contributed by atoms with Crippen LogP contribution in [0.25, 0.3) is 0 Å². The summed E-state index contributed by atoms with van der Waals surface area (Å²) in [7, 11) is -4.81. The first-order valence-corrected chi connectivity index (χ1v) is 12.6. The van der Waals surface area contributed by atoms with Crippen LogP contribution in [0.15, 0.2) is 0 Å². The van der Waals surface area contributed by atoms with Gasteiger partial charge in [0, 0.05) is 49.8 Å². The minimum atomic E-state index is -4.81. The molecule has 170 valence electrons. The molecule has 12 nitrogen and oxygen atoms in total. The summed E-state index contributed by atoms with van der Waals surface area (Å²) in [6.45, 7) is 3.58. The highest BCUT2D eigenvalue weighted by Gasteiger charge is 2.49. The van der Waals surface area contributed by atoms with Crippen molar-refractivity contribution in [3.05, 3.63) is 0 Å². The Hall–Kier alpha value is -1.16. The molecule has 4 heterocycles. The molecule has 0 unspecified atom stereocenters. The van der Waals surface area contributed by atoms with Gasteiger partial charge in [-0.1, -0.05) is 0 Å². The van der Waals surface area contributed by atoms with E-state index in [0.29, 0.717) is 30.6 Å². The first-order chi connectivity index (χ1) is 14.3. The molecule has 14 heteroatoms. The van der Waals surface area contributed by atoms with E-state index >= 15 is 0 Å². The zero-order chi connectivity index (χ0) is 21.3. The number of hydrogen-bond donors (Lipinski definition) is 3. The van der Waals surface area contributed by atoms with Crippen molar-refractivity contribution in [3.63, 3.8) is 0 Å². The highest BCUT2D eigenvalue weighted by atomic mass is 32.3. The Kier molecular flexibility index (Phi) is 6.72. The Morgan fingerprint density at radius 2 is 2.03 bits per heavy atom. The van der Waals surface area contributed by atoms with E-state index in [9.17, 15) is 18.0 Å². The molecule has 3 amide bonds. The number of hydroxylamine groups is 3. The van der Waals surface area contributed by atoms with Crippen LogP contribution in [-0.4, -0.2) is 108 Å². The van der Waals surface area contributed by atoms with Crippen molar-refractivity contribution in [1.29, 1.82) is 0 Å². The molecule has 4 rings (SSSR count). The third-order valence-electron chi connectivity index (χ3n) is 6.02. The van der Waals surface area contributed by atoms with Crippen LogP contribution in [0.5, 0.6) is 0 Å². The quantitative estimate of drug-likeness (QED) is 0.311. The third kappa shape index (κ3) is 5.00. The molecular weight excluding hydrogens is 438 g/mol. The molecule has 4 fully saturated rings. The Labute approximate surface area is 179 Å². The fourth-order valence-electron chi connectivity index (χ4n) is 4.53. The van der Waals surface area contributed by atoms with E-state index in [1.165, 1.54) is 4.90 Å². The van der Waals surface area contributed by atoms with Gasteiger partial charge in [0.2, 0.25) is 0 Å². The number of piperidine rings is 1. The first kappa shape index (κ1) is 22.0. The zero-order valence-electron chi connectivity index (χ0n) is 16.4. The normalized spacial score (nSPS) is 32.6. The second-order valence-electron chi connectivity index (χ2n) is 7.93. The van der Waals surface area contributed by atoms with E-state index in [4.69, 9.17) is 9.39 Å². The van der Waals surface area contributed by atoms with Gasteiger partial charge in [-0.15, -0.1) is 4.28 Å². The molecule has 0 saturated carbocycles. The van der Waals surface area contributed by atoms with Gasteiger partial charge in [-0.2, -0.15) is 25.2 Å². The molecule has 30 heavy (non-hydrogen) atoms. The molecule has 4 atom stereocenters. The highest BCUT2D eigenvalue weighted by Crippen LogP contribution is 2.30. The second kappa shape index (κ2) is 9.14. The highest BCUT2D eigenvalue weighted by molar-refractivity contribution is 7.99. The summed E-state index contributed by atoms with van der Waals surface area (Å²) in [6.07, 6.45) is 1.67. The molecule has 2 bridgehead atoms. The zero-order valence-corrected chi connectivity index (χ0v) is 18.1. The van der Waals surface area contributed by atoms with Crippen LogP contribution in [0, 0.1) is 0 Å². The number of nitrogens with zero attached hydrogens (tertiary/aromatic N) is 3. The smallest absolute Gasteiger partial charge is 0.310 e. The minimum Gasteiger partial charge on any atom is -0.310 e. The molecule has 0 spiro atoms. The molecule has 0 aromatic carbocycles. The van der Waals surface area contributed by atoms with Crippen molar-refractivity contribution < 1.29 is 31.7 Å². The number of urea groups is 1. The Morgan fingerprint density at radius 1 is 1.27 bits per heavy atom. The van der Waals surface area contributed by atoms with Crippen molar-refractivity contribution in [2.45, 2.75) is 43.4 Å². The van der Waals surface area contributed by atoms with Gasteiger partial charge in [-0.3, -0.25) is 19.1 Å². The maximum absolute atomic E-state index is 12.5. The molecule has 0 radical (unpaired) electrons. The third-order valence-corrected chi connectivity index (χ3v) is 7.31. The van der Waals surface area contributed by atoms with Crippen molar-refractivity contribution in [3.8, 4) is 0 Å². The standard InChI is InChI=1S/C16H27N5O7S2/c22-15(14-2-1-12-9-20(14)16(23)21(12)28-30(24,25)26)18-27-10-11-7-13(8-17-11)19-3-5-29-6-4-19/h11-14,17H,1-10H2,(H,18,22)(H,24,25,26)/t11-,12-,13+,14+/m1/s1. The lowest BCUT2D eigenvalue weighted by atomic mass is 10.0. The number of hydrogen-bond acceptors (Lipinski definition) is 9. The van der Waals surface area contributed by atoms with Crippen molar-refractivity contribution in [2.75, 3.05) is 44.3 Å². The fourth-order valence-corrected chi connectivity index (χ4v) is 5.85. The lowest BCUT2D eigenvalue weighted by molar-refractivity contribution is -0.139. The number of thioether (sulfide) groups is 1. The molecule has 0 aliphatic carbocycles. The second-order valence-corrected chi connectivity index (χ2v) is 10.2. The summed E-state index contributed by atoms with van der Waals surface area (Å²) in [4.78, 5) is 34.0. The van der Waals surface area contributed by atoms with E-state index in [-0.39, 0.29) is 12.6 Å². The Balaban J connectivity index is 1.22. The molecule has 0 aromatic rings. The first-order valence-electron chi connectivity index (χ1n) is 10.1. The van der Waals surface area contributed by atoms with Crippen molar-refractivity contribution in [1.82, 2.24) is 25.7 Å². The van der Waals surface area contributed by atoms with Gasteiger partial charge in [0.05, 0.1) is 12.6 Å². The van der Waals surface area contributed by atoms with E-state index in [1.807, 2.05) is 11.8 Å². The average Bonchev–Trinajstić information content (AvgIpc) is 3.27. The molecule has 4 aliphatic heterocycles. The van der Waals surface area contributed by atoms with Gasteiger partial charge in [0.1, 0.15) is 6.04 Å². The maximum Gasteiger partial charge on any atom is 0.418 e. The van der Waals surface area contributed by atoms with E-state index in [0.717, 1.165) is 37.6 Å². The number of fused-ring (bicyclic) bond motifs is 2. The summed E-state index contributed by atoms with van der Waals surface area (Å²) in [5.74, 6) is 1.87. The van der Waals surface area contributed by atoms with Gasteiger partial charge in [0.15, 0.2) is 0 Å². The van der Waals surface area contributed by atoms with Crippen LogP contribution in [0.2, 0.25) is 0 Å². The largest absolute Gasteiger partial charge is 0.418 e. The number of amides is 3. The van der Waals surface area contributed by atoms with E-state index < -0.39 is 34.4 Å². The van der Waals surface area contributed by atoms with Crippen molar-refractivity contribution >= 4 is 34.1 Å². The van der Waals surface area contributed by atoms with Crippen LogP contribution >= 0.6 is 11.8 Å². The van der Waals surface area contributed by atoms with Gasteiger partial charge in [-0.25, -0.2) is 10.3 Å². The van der Waals surface area contributed by atoms with Gasteiger partial charge in [0.25, 0.3) is 5.91 Å². The number of nitrogens with one attached hydrogen (secondary N) is 2. The summed E-state index contributed by atoms with van der Waals surface area (Å²) in [5.41, 5.74) is 2.42. The average molecular weight is 466 g/mol.